The zero-order chi connectivity index (χ0) is 20.3. The number of carbonyl (C=O) groups excluding carboxylic acids is 1. The van der Waals surface area contributed by atoms with Gasteiger partial charge in [-0.1, -0.05) is 25.5 Å². The highest BCUT2D eigenvalue weighted by molar-refractivity contribution is 7.17. The number of hydrogen-bond donors (Lipinski definition) is 0. The van der Waals surface area contributed by atoms with Gasteiger partial charge in [-0.25, -0.2) is 9.78 Å². The standard InChI is InChI=1S/C19H19N3O5S/c1-3-4-8-27-19(24)12(2)21-11-20-17-16(18(21)23)15(10-28-17)13-6-5-7-14(9-13)22(25)26/h5-7,9-12H,3-4,8H2,1-2H3. The van der Waals surface area contributed by atoms with Crippen LogP contribution < -0.4 is 5.56 Å². The Labute approximate surface area is 164 Å². The van der Waals surface area contributed by atoms with Gasteiger partial charge in [-0.2, -0.15) is 0 Å². The minimum atomic E-state index is -0.820. The van der Waals surface area contributed by atoms with Crippen LogP contribution in [0.15, 0.2) is 40.8 Å². The van der Waals surface area contributed by atoms with Crippen LogP contribution in [0.25, 0.3) is 21.3 Å². The van der Waals surface area contributed by atoms with Crippen LogP contribution in [-0.4, -0.2) is 27.1 Å². The maximum atomic E-state index is 13.1. The first-order valence-electron chi connectivity index (χ1n) is 8.83. The Bertz CT molecular complexity index is 1090. The molecule has 3 rings (SSSR count). The monoisotopic (exact) mass is 401 g/mol. The molecule has 0 N–H and O–H groups in total. The predicted molar refractivity (Wildman–Crippen MR) is 107 cm³/mol. The first-order chi connectivity index (χ1) is 13.4. The van der Waals surface area contributed by atoms with Crippen LogP contribution in [0.4, 0.5) is 5.69 Å². The van der Waals surface area contributed by atoms with Crippen molar-refractivity contribution in [3.63, 3.8) is 0 Å². The summed E-state index contributed by atoms with van der Waals surface area (Å²) in [7, 11) is 0. The van der Waals surface area contributed by atoms with E-state index < -0.39 is 16.9 Å². The van der Waals surface area contributed by atoms with E-state index in [9.17, 15) is 19.7 Å². The van der Waals surface area contributed by atoms with Gasteiger partial charge >= 0.3 is 5.97 Å². The second-order valence-corrected chi connectivity index (χ2v) is 7.15. The van der Waals surface area contributed by atoms with E-state index in [2.05, 4.69) is 4.98 Å². The Morgan fingerprint density at radius 2 is 2.21 bits per heavy atom. The summed E-state index contributed by atoms with van der Waals surface area (Å²) in [5, 5.41) is 13.1. The number of nitrogens with zero attached hydrogens (tertiary/aromatic N) is 3. The van der Waals surface area contributed by atoms with Crippen molar-refractivity contribution in [2.75, 3.05) is 6.61 Å². The van der Waals surface area contributed by atoms with E-state index >= 15 is 0 Å². The number of ether oxygens (including phenoxy) is 1. The summed E-state index contributed by atoms with van der Waals surface area (Å²) in [6, 6.07) is 5.26. The van der Waals surface area contributed by atoms with Crippen LogP contribution in [0.3, 0.4) is 0 Å². The van der Waals surface area contributed by atoms with Crippen LogP contribution in [0, 0.1) is 10.1 Å². The number of nitro benzene ring substituents is 1. The molecule has 9 heteroatoms. The summed E-state index contributed by atoms with van der Waals surface area (Å²) in [6.07, 6.45) is 2.99. The van der Waals surface area contributed by atoms with E-state index in [1.807, 2.05) is 6.92 Å². The maximum Gasteiger partial charge on any atom is 0.328 e. The molecule has 0 amide bonds. The largest absolute Gasteiger partial charge is 0.464 e. The molecule has 1 atom stereocenters. The topological polar surface area (TPSA) is 104 Å². The number of nitro groups is 1. The molecule has 0 radical (unpaired) electrons. The lowest BCUT2D eigenvalue weighted by atomic mass is 10.1. The molecule has 0 aliphatic carbocycles. The van der Waals surface area contributed by atoms with Crippen molar-refractivity contribution in [1.29, 1.82) is 0 Å². The van der Waals surface area contributed by atoms with Crippen molar-refractivity contribution in [1.82, 2.24) is 9.55 Å². The molecular weight excluding hydrogens is 382 g/mol. The molecule has 0 bridgehead atoms. The molecule has 0 saturated carbocycles. The fourth-order valence-electron chi connectivity index (χ4n) is 2.77. The summed E-state index contributed by atoms with van der Waals surface area (Å²) < 4.78 is 6.45. The zero-order valence-corrected chi connectivity index (χ0v) is 16.3. The average molecular weight is 401 g/mol. The summed E-state index contributed by atoms with van der Waals surface area (Å²) in [5.41, 5.74) is 0.666. The van der Waals surface area contributed by atoms with Gasteiger partial charge in [0, 0.05) is 23.1 Å². The van der Waals surface area contributed by atoms with E-state index in [0.29, 0.717) is 28.0 Å². The maximum absolute atomic E-state index is 13.1. The quantitative estimate of drug-likeness (QED) is 0.257. The number of non-ortho nitro benzene ring substituents is 1. The number of aromatic nitrogens is 2. The van der Waals surface area contributed by atoms with E-state index in [4.69, 9.17) is 4.74 Å². The third-order valence-electron chi connectivity index (χ3n) is 4.39. The molecule has 0 saturated heterocycles. The van der Waals surface area contributed by atoms with Gasteiger partial charge in [0.25, 0.3) is 11.2 Å². The predicted octanol–water partition coefficient (Wildman–Crippen LogP) is 3.94. The first kappa shape index (κ1) is 19.7. The molecule has 0 aliphatic rings. The molecule has 28 heavy (non-hydrogen) atoms. The van der Waals surface area contributed by atoms with E-state index in [1.54, 1.807) is 24.4 Å². The third kappa shape index (κ3) is 3.79. The lowest BCUT2D eigenvalue weighted by Gasteiger charge is -2.14. The highest BCUT2D eigenvalue weighted by Crippen LogP contribution is 2.32. The smallest absolute Gasteiger partial charge is 0.328 e. The minimum absolute atomic E-state index is 0.0612. The Kier molecular flexibility index (Phi) is 5.84. The Morgan fingerprint density at radius 3 is 2.93 bits per heavy atom. The number of carbonyl (C=O) groups is 1. The number of benzene rings is 1. The highest BCUT2D eigenvalue weighted by atomic mass is 32.1. The molecular formula is C19H19N3O5S. The fourth-order valence-corrected chi connectivity index (χ4v) is 3.68. The van der Waals surface area contributed by atoms with Gasteiger partial charge in [0.1, 0.15) is 10.9 Å². The molecule has 2 aromatic heterocycles. The molecule has 0 spiro atoms. The van der Waals surface area contributed by atoms with Gasteiger partial charge in [0.2, 0.25) is 0 Å². The molecule has 8 nitrogen and oxygen atoms in total. The number of rotatable bonds is 7. The average Bonchev–Trinajstić information content (AvgIpc) is 3.13. The van der Waals surface area contributed by atoms with Gasteiger partial charge in [-0.15, -0.1) is 11.3 Å². The fraction of sp³-hybridized carbons (Fsp3) is 0.316. The summed E-state index contributed by atoms with van der Waals surface area (Å²) in [5.74, 6) is -0.496. The van der Waals surface area contributed by atoms with Gasteiger partial charge in [0.05, 0.1) is 23.2 Å². The molecule has 0 fully saturated rings. The van der Waals surface area contributed by atoms with Crippen molar-refractivity contribution in [3.05, 3.63) is 56.4 Å². The number of fused-ring (bicyclic) bond motifs is 1. The number of hydrogen-bond acceptors (Lipinski definition) is 7. The van der Waals surface area contributed by atoms with Crippen molar-refractivity contribution < 1.29 is 14.5 Å². The lowest BCUT2D eigenvalue weighted by Crippen LogP contribution is -2.29. The lowest BCUT2D eigenvalue weighted by molar-refractivity contribution is -0.384. The van der Waals surface area contributed by atoms with Gasteiger partial charge in [-0.3, -0.25) is 19.5 Å². The van der Waals surface area contributed by atoms with Gasteiger partial charge in [0.15, 0.2) is 0 Å². The van der Waals surface area contributed by atoms with Crippen LogP contribution in [-0.2, 0) is 9.53 Å². The van der Waals surface area contributed by atoms with Crippen LogP contribution in [0.2, 0.25) is 0 Å². The van der Waals surface area contributed by atoms with Crippen molar-refractivity contribution in [3.8, 4) is 11.1 Å². The molecule has 1 aromatic carbocycles. The van der Waals surface area contributed by atoms with E-state index in [0.717, 1.165) is 12.8 Å². The second kappa shape index (κ2) is 8.30. The molecule has 3 aromatic rings. The zero-order valence-electron chi connectivity index (χ0n) is 15.5. The molecule has 2 heterocycles. The second-order valence-electron chi connectivity index (χ2n) is 6.29. The number of esters is 1. The Morgan fingerprint density at radius 1 is 1.43 bits per heavy atom. The van der Waals surface area contributed by atoms with E-state index in [1.165, 1.54) is 34.4 Å². The van der Waals surface area contributed by atoms with E-state index in [-0.39, 0.29) is 11.2 Å². The normalized spacial score (nSPS) is 12.1. The summed E-state index contributed by atoms with van der Waals surface area (Å²) in [6.45, 7) is 3.88. The minimum Gasteiger partial charge on any atom is -0.464 e. The molecule has 0 aliphatic heterocycles. The van der Waals surface area contributed by atoms with Gasteiger partial charge < -0.3 is 4.74 Å². The SMILES string of the molecule is CCCCOC(=O)C(C)n1cnc2scc(-c3cccc([N+](=O)[O-])c3)c2c1=O. The third-order valence-corrected chi connectivity index (χ3v) is 5.27. The Hall–Kier alpha value is -3.07. The summed E-state index contributed by atoms with van der Waals surface area (Å²) >= 11 is 1.27. The van der Waals surface area contributed by atoms with Crippen molar-refractivity contribution in [2.24, 2.45) is 0 Å². The Balaban J connectivity index is 2.03. The number of unbranched alkanes of at least 4 members (excludes halogenated alkanes) is 1. The van der Waals surface area contributed by atoms with Crippen LogP contribution in [0.5, 0.6) is 0 Å². The molecule has 146 valence electrons. The van der Waals surface area contributed by atoms with Crippen LogP contribution >= 0.6 is 11.3 Å². The van der Waals surface area contributed by atoms with Crippen LogP contribution in [0.1, 0.15) is 32.7 Å². The number of thiophene rings is 1. The first-order valence-corrected chi connectivity index (χ1v) is 9.71. The van der Waals surface area contributed by atoms with Gasteiger partial charge in [-0.05, 0) is 18.9 Å². The highest BCUT2D eigenvalue weighted by Gasteiger charge is 2.21. The molecule has 1 unspecified atom stereocenters. The van der Waals surface area contributed by atoms with Crippen molar-refractivity contribution >= 4 is 33.2 Å². The summed E-state index contributed by atoms with van der Waals surface area (Å²) in [4.78, 5) is 40.7. The van der Waals surface area contributed by atoms with Crippen molar-refractivity contribution in [2.45, 2.75) is 32.7 Å².